The summed E-state index contributed by atoms with van der Waals surface area (Å²) in [5, 5.41) is 6.70. The van der Waals surface area contributed by atoms with E-state index in [9.17, 15) is 0 Å². The second-order valence-electron chi connectivity index (χ2n) is 5.28. The van der Waals surface area contributed by atoms with Crippen LogP contribution in [-0.4, -0.2) is 17.0 Å². The molecule has 0 aliphatic heterocycles. The van der Waals surface area contributed by atoms with Gasteiger partial charge in [-0.3, -0.25) is 0 Å². The number of anilines is 2. The lowest BCUT2D eigenvalue weighted by Crippen LogP contribution is -2.12. The van der Waals surface area contributed by atoms with Gasteiger partial charge in [0.25, 0.3) is 0 Å². The quantitative estimate of drug-likeness (QED) is 0.834. The van der Waals surface area contributed by atoms with E-state index in [4.69, 9.17) is 0 Å². The highest BCUT2D eigenvalue weighted by atomic mass is 32.1. The lowest BCUT2D eigenvalue weighted by Gasteiger charge is -2.17. The third-order valence-corrected chi connectivity index (χ3v) is 4.63. The third-order valence-electron chi connectivity index (χ3n) is 3.44. The van der Waals surface area contributed by atoms with Gasteiger partial charge in [-0.05, 0) is 39.3 Å². The van der Waals surface area contributed by atoms with Crippen molar-refractivity contribution < 1.29 is 0 Å². The van der Waals surface area contributed by atoms with Gasteiger partial charge in [-0.2, -0.15) is 0 Å². The highest BCUT2D eigenvalue weighted by Crippen LogP contribution is 2.28. The summed E-state index contributed by atoms with van der Waals surface area (Å²) in [5.41, 5.74) is 1.07. The number of thiophene rings is 1. The van der Waals surface area contributed by atoms with Gasteiger partial charge in [0.1, 0.15) is 17.5 Å². The average molecular weight is 304 g/mol. The average Bonchev–Trinajstić information content (AvgIpc) is 2.89. The van der Waals surface area contributed by atoms with Gasteiger partial charge >= 0.3 is 0 Å². The molecule has 5 heteroatoms. The van der Waals surface area contributed by atoms with Crippen molar-refractivity contribution in [3.63, 3.8) is 0 Å². The molecule has 0 spiro atoms. The van der Waals surface area contributed by atoms with Gasteiger partial charge in [0.05, 0.1) is 6.04 Å². The Labute approximate surface area is 131 Å². The second-order valence-corrected chi connectivity index (χ2v) is 6.60. The van der Waals surface area contributed by atoms with Crippen LogP contribution in [0.15, 0.2) is 12.1 Å². The van der Waals surface area contributed by atoms with E-state index in [1.165, 1.54) is 9.75 Å². The molecule has 0 amide bonds. The van der Waals surface area contributed by atoms with Crippen LogP contribution in [-0.2, 0) is 6.42 Å². The molecule has 21 heavy (non-hydrogen) atoms. The minimum atomic E-state index is 0.247. The number of hydrogen-bond acceptors (Lipinski definition) is 5. The summed E-state index contributed by atoms with van der Waals surface area (Å²) in [7, 11) is 1.90. The molecular formula is C16H24N4S. The largest absolute Gasteiger partial charge is 0.373 e. The van der Waals surface area contributed by atoms with Crippen LogP contribution in [0.5, 0.6) is 0 Å². The Morgan fingerprint density at radius 2 is 1.90 bits per heavy atom. The molecule has 0 radical (unpaired) electrons. The number of hydrogen-bond donors (Lipinski definition) is 2. The molecule has 2 aromatic rings. The molecule has 2 heterocycles. The number of aryl methyl sites for hydroxylation is 2. The zero-order chi connectivity index (χ0) is 15.4. The summed E-state index contributed by atoms with van der Waals surface area (Å²) in [6.07, 6.45) is 1.95. The number of nitrogens with zero attached hydrogens (tertiary/aromatic N) is 2. The molecule has 0 saturated carbocycles. The first-order valence-corrected chi connectivity index (χ1v) is 8.25. The van der Waals surface area contributed by atoms with Crippen molar-refractivity contribution in [2.75, 3.05) is 17.7 Å². The molecule has 0 aromatic carbocycles. The van der Waals surface area contributed by atoms with Crippen molar-refractivity contribution in [2.45, 2.75) is 46.6 Å². The van der Waals surface area contributed by atoms with Gasteiger partial charge in [0.2, 0.25) is 0 Å². The van der Waals surface area contributed by atoms with Crippen LogP contribution in [0, 0.1) is 13.8 Å². The molecule has 1 unspecified atom stereocenters. The summed E-state index contributed by atoms with van der Waals surface area (Å²) in [5.74, 6) is 2.73. The summed E-state index contributed by atoms with van der Waals surface area (Å²) >= 11 is 1.82. The molecular weight excluding hydrogens is 280 g/mol. The molecule has 0 aliphatic carbocycles. The first-order valence-electron chi connectivity index (χ1n) is 7.43. The predicted octanol–water partition coefficient (Wildman–Crippen LogP) is 4.32. The lowest BCUT2D eigenvalue weighted by molar-refractivity contribution is 0.819. The smallest absolute Gasteiger partial charge is 0.135 e. The highest BCUT2D eigenvalue weighted by molar-refractivity contribution is 7.12. The lowest BCUT2D eigenvalue weighted by atomic mass is 10.2. The minimum Gasteiger partial charge on any atom is -0.373 e. The van der Waals surface area contributed by atoms with Crippen LogP contribution in [0.3, 0.4) is 0 Å². The fourth-order valence-electron chi connectivity index (χ4n) is 2.24. The Morgan fingerprint density at radius 3 is 2.48 bits per heavy atom. The summed E-state index contributed by atoms with van der Waals surface area (Å²) in [4.78, 5) is 11.9. The van der Waals surface area contributed by atoms with Crippen LogP contribution >= 0.6 is 11.3 Å². The van der Waals surface area contributed by atoms with E-state index in [1.54, 1.807) is 0 Å². The van der Waals surface area contributed by atoms with E-state index >= 15 is 0 Å². The van der Waals surface area contributed by atoms with E-state index in [0.717, 1.165) is 35.9 Å². The van der Waals surface area contributed by atoms with Gasteiger partial charge in [-0.25, -0.2) is 9.97 Å². The molecule has 0 aliphatic rings. The van der Waals surface area contributed by atoms with E-state index in [1.807, 2.05) is 18.4 Å². The van der Waals surface area contributed by atoms with Crippen molar-refractivity contribution in [1.29, 1.82) is 0 Å². The van der Waals surface area contributed by atoms with Crippen LogP contribution in [0.4, 0.5) is 11.6 Å². The highest BCUT2D eigenvalue weighted by Gasteiger charge is 2.14. The Kier molecular flexibility index (Phi) is 5.17. The Bertz CT molecular complexity index is 606. The van der Waals surface area contributed by atoms with Crippen LogP contribution in [0.1, 0.15) is 47.5 Å². The van der Waals surface area contributed by atoms with Crippen molar-refractivity contribution in [1.82, 2.24) is 9.97 Å². The third kappa shape index (κ3) is 3.73. The van der Waals surface area contributed by atoms with Crippen LogP contribution in [0.25, 0.3) is 0 Å². The molecule has 2 N–H and O–H groups in total. The SMILES string of the molecule is CCCc1nc(NC)c(C)c(NC(C)c2ccc(C)s2)n1. The molecule has 2 rings (SSSR count). The zero-order valence-electron chi connectivity index (χ0n) is 13.4. The summed E-state index contributed by atoms with van der Waals surface area (Å²) in [6, 6.07) is 4.59. The van der Waals surface area contributed by atoms with Gasteiger partial charge in [-0.15, -0.1) is 11.3 Å². The van der Waals surface area contributed by atoms with Crippen molar-refractivity contribution >= 4 is 23.0 Å². The fraction of sp³-hybridized carbons (Fsp3) is 0.500. The molecule has 0 bridgehead atoms. The molecule has 114 valence electrons. The number of aromatic nitrogens is 2. The van der Waals surface area contributed by atoms with Crippen molar-refractivity contribution in [3.8, 4) is 0 Å². The predicted molar refractivity (Wildman–Crippen MR) is 91.4 cm³/mol. The maximum Gasteiger partial charge on any atom is 0.135 e. The Balaban J connectivity index is 2.27. The zero-order valence-corrected chi connectivity index (χ0v) is 14.3. The molecule has 0 fully saturated rings. The van der Waals surface area contributed by atoms with Gasteiger partial charge in [0.15, 0.2) is 0 Å². The second kappa shape index (κ2) is 6.89. The van der Waals surface area contributed by atoms with Crippen LogP contribution < -0.4 is 10.6 Å². The van der Waals surface area contributed by atoms with Crippen molar-refractivity contribution in [3.05, 3.63) is 33.3 Å². The maximum absolute atomic E-state index is 4.69. The van der Waals surface area contributed by atoms with Gasteiger partial charge in [0, 0.05) is 28.8 Å². The maximum atomic E-state index is 4.69. The summed E-state index contributed by atoms with van der Waals surface area (Å²) < 4.78 is 0. The Hall–Kier alpha value is -1.62. The van der Waals surface area contributed by atoms with Crippen LogP contribution in [0.2, 0.25) is 0 Å². The summed E-state index contributed by atoms with van der Waals surface area (Å²) in [6.45, 7) is 8.50. The van der Waals surface area contributed by atoms with Gasteiger partial charge in [-0.1, -0.05) is 6.92 Å². The molecule has 2 aromatic heterocycles. The van der Waals surface area contributed by atoms with Crippen molar-refractivity contribution in [2.24, 2.45) is 0 Å². The first kappa shape index (κ1) is 15.8. The monoisotopic (exact) mass is 304 g/mol. The van der Waals surface area contributed by atoms with E-state index in [-0.39, 0.29) is 6.04 Å². The Morgan fingerprint density at radius 1 is 1.19 bits per heavy atom. The van der Waals surface area contributed by atoms with Gasteiger partial charge < -0.3 is 10.6 Å². The topological polar surface area (TPSA) is 49.8 Å². The molecule has 4 nitrogen and oxygen atoms in total. The minimum absolute atomic E-state index is 0.247. The molecule has 0 saturated heterocycles. The van der Waals surface area contributed by atoms with E-state index < -0.39 is 0 Å². The number of rotatable bonds is 6. The fourth-order valence-corrected chi connectivity index (χ4v) is 3.12. The van der Waals surface area contributed by atoms with E-state index in [0.29, 0.717) is 0 Å². The molecule has 1 atom stereocenters. The standard InChI is InChI=1S/C16H24N4S/c1-6-7-14-19-15(17-5)11(3)16(20-14)18-12(4)13-9-8-10(2)21-13/h8-9,12H,6-7H2,1-5H3,(H2,17,18,19,20). The normalized spacial score (nSPS) is 12.2. The van der Waals surface area contributed by atoms with E-state index in [2.05, 4.69) is 60.4 Å². The number of nitrogens with one attached hydrogen (secondary N) is 2. The first-order chi connectivity index (χ1) is 10.0.